The summed E-state index contributed by atoms with van der Waals surface area (Å²) in [5.41, 5.74) is -0.0683. The standard InChI is InChI=1S/C14H17F3O4S/c1-9-7-12(8-20-22(2,18)19)21-13(9)10-3-5-11(6-4-10)14(15,16)17/h3-6,9,12-13H,7-8H2,1-2H3. The van der Waals surface area contributed by atoms with Crippen molar-refractivity contribution in [3.8, 4) is 0 Å². The molecule has 1 aliphatic rings. The van der Waals surface area contributed by atoms with E-state index < -0.39 is 28.0 Å². The van der Waals surface area contributed by atoms with Crippen LogP contribution in [0.15, 0.2) is 24.3 Å². The molecule has 0 amide bonds. The fraction of sp³-hybridized carbons (Fsp3) is 0.571. The Morgan fingerprint density at radius 3 is 2.36 bits per heavy atom. The van der Waals surface area contributed by atoms with Gasteiger partial charge < -0.3 is 4.74 Å². The molecule has 3 atom stereocenters. The van der Waals surface area contributed by atoms with E-state index in [1.54, 1.807) is 0 Å². The van der Waals surface area contributed by atoms with Crippen LogP contribution in [0.1, 0.15) is 30.6 Å². The Balaban J connectivity index is 2.04. The molecule has 2 rings (SSSR count). The third-order valence-corrected chi connectivity index (χ3v) is 4.09. The molecule has 1 saturated heterocycles. The molecule has 22 heavy (non-hydrogen) atoms. The van der Waals surface area contributed by atoms with Crippen molar-refractivity contribution in [1.82, 2.24) is 0 Å². The molecule has 0 saturated carbocycles. The molecule has 1 fully saturated rings. The van der Waals surface area contributed by atoms with Gasteiger partial charge in [-0.25, -0.2) is 0 Å². The molecule has 0 radical (unpaired) electrons. The van der Waals surface area contributed by atoms with Gasteiger partial charge in [-0.2, -0.15) is 21.6 Å². The van der Waals surface area contributed by atoms with E-state index in [0.29, 0.717) is 12.0 Å². The molecule has 3 unspecified atom stereocenters. The Hall–Kier alpha value is -1.12. The summed E-state index contributed by atoms with van der Waals surface area (Å²) in [7, 11) is -3.54. The number of benzene rings is 1. The van der Waals surface area contributed by atoms with Gasteiger partial charge in [0.25, 0.3) is 10.1 Å². The van der Waals surface area contributed by atoms with Crippen LogP contribution in [0.4, 0.5) is 13.2 Å². The Kier molecular flexibility index (Phi) is 4.84. The molecular formula is C14H17F3O4S. The van der Waals surface area contributed by atoms with Crippen LogP contribution >= 0.6 is 0 Å². The smallest absolute Gasteiger partial charge is 0.368 e. The van der Waals surface area contributed by atoms with Crippen LogP contribution in [0.2, 0.25) is 0 Å². The fourth-order valence-corrected chi connectivity index (χ4v) is 2.91. The van der Waals surface area contributed by atoms with Gasteiger partial charge in [-0.3, -0.25) is 4.18 Å². The number of rotatable bonds is 4. The second-order valence-corrected chi connectivity index (χ2v) is 7.14. The van der Waals surface area contributed by atoms with Gasteiger partial charge in [-0.15, -0.1) is 0 Å². The molecule has 4 nitrogen and oxygen atoms in total. The first-order valence-electron chi connectivity index (χ1n) is 6.73. The summed E-state index contributed by atoms with van der Waals surface area (Å²) in [6, 6.07) is 4.82. The molecule has 1 aromatic rings. The minimum atomic E-state index is -4.37. The second-order valence-electron chi connectivity index (χ2n) is 5.50. The highest BCUT2D eigenvalue weighted by Crippen LogP contribution is 2.39. The SMILES string of the molecule is CC1CC(COS(C)(=O)=O)OC1c1ccc(C(F)(F)F)cc1. The molecule has 1 heterocycles. The average molecular weight is 338 g/mol. The maximum Gasteiger partial charge on any atom is 0.416 e. The van der Waals surface area contributed by atoms with Gasteiger partial charge in [0.15, 0.2) is 0 Å². The third-order valence-electron chi connectivity index (χ3n) is 3.53. The molecule has 0 aromatic heterocycles. The van der Waals surface area contributed by atoms with Crippen LogP contribution in [0.3, 0.4) is 0 Å². The van der Waals surface area contributed by atoms with Crippen LogP contribution < -0.4 is 0 Å². The van der Waals surface area contributed by atoms with Gasteiger partial charge in [-0.05, 0) is 30.0 Å². The Morgan fingerprint density at radius 1 is 1.27 bits per heavy atom. The second kappa shape index (κ2) is 6.17. The van der Waals surface area contributed by atoms with Gasteiger partial charge in [0.05, 0.1) is 30.6 Å². The summed E-state index contributed by atoms with van der Waals surface area (Å²) in [5, 5.41) is 0. The van der Waals surface area contributed by atoms with Crippen LogP contribution in [0.25, 0.3) is 0 Å². The van der Waals surface area contributed by atoms with Crippen molar-refractivity contribution < 1.29 is 30.5 Å². The summed E-state index contributed by atoms with van der Waals surface area (Å²) < 4.78 is 70.0. The lowest BCUT2D eigenvalue weighted by atomic mass is 9.95. The summed E-state index contributed by atoms with van der Waals surface area (Å²) in [4.78, 5) is 0. The monoisotopic (exact) mass is 338 g/mol. The number of hydrogen-bond donors (Lipinski definition) is 0. The summed E-state index contributed by atoms with van der Waals surface area (Å²) in [6.07, 6.45) is -3.58. The maximum atomic E-state index is 12.5. The van der Waals surface area contributed by atoms with Crippen molar-refractivity contribution in [2.45, 2.75) is 31.7 Å². The van der Waals surface area contributed by atoms with Crippen LogP contribution in [-0.4, -0.2) is 27.4 Å². The zero-order valence-corrected chi connectivity index (χ0v) is 12.9. The van der Waals surface area contributed by atoms with Gasteiger partial charge in [0.1, 0.15) is 0 Å². The lowest BCUT2D eigenvalue weighted by molar-refractivity contribution is -0.137. The minimum Gasteiger partial charge on any atom is -0.368 e. The van der Waals surface area contributed by atoms with Crippen molar-refractivity contribution in [3.05, 3.63) is 35.4 Å². The number of halogens is 3. The van der Waals surface area contributed by atoms with Gasteiger partial charge in [-0.1, -0.05) is 19.1 Å². The van der Waals surface area contributed by atoms with E-state index in [1.165, 1.54) is 12.1 Å². The number of ether oxygens (including phenoxy) is 1. The molecule has 0 bridgehead atoms. The molecule has 0 aliphatic carbocycles. The van der Waals surface area contributed by atoms with Gasteiger partial charge in [0.2, 0.25) is 0 Å². The Labute approximate surface area is 127 Å². The Morgan fingerprint density at radius 2 is 1.86 bits per heavy atom. The van der Waals surface area contributed by atoms with E-state index in [4.69, 9.17) is 8.92 Å². The summed E-state index contributed by atoms with van der Waals surface area (Å²) in [6.45, 7) is 1.82. The van der Waals surface area contributed by atoms with Gasteiger partial charge >= 0.3 is 6.18 Å². The predicted octanol–water partition coefficient (Wildman–Crippen LogP) is 3.15. The molecule has 0 N–H and O–H groups in total. The first-order valence-corrected chi connectivity index (χ1v) is 8.55. The van der Waals surface area contributed by atoms with E-state index in [2.05, 4.69) is 0 Å². The van der Waals surface area contributed by atoms with E-state index in [0.717, 1.165) is 18.4 Å². The van der Waals surface area contributed by atoms with Gasteiger partial charge in [0, 0.05) is 0 Å². The van der Waals surface area contributed by atoms with Crippen molar-refractivity contribution in [2.75, 3.05) is 12.9 Å². The lowest BCUT2D eigenvalue weighted by Crippen LogP contribution is -2.17. The zero-order chi connectivity index (χ0) is 16.5. The van der Waals surface area contributed by atoms with Crippen LogP contribution in [0.5, 0.6) is 0 Å². The first kappa shape index (κ1) is 17.2. The normalized spacial score (nSPS) is 26.3. The minimum absolute atomic E-state index is 0.0601. The average Bonchev–Trinajstić information content (AvgIpc) is 2.76. The molecule has 0 spiro atoms. The number of alkyl halides is 3. The fourth-order valence-electron chi connectivity index (χ4n) is 2.51. The molecular weight excluding hydrogens is 321 g/mol. The van der Waals surface area contributed by atoms with Crippen molar-refractivity contribution in [3.63, 3.8) is 0 Å². The third kappa shape index (κ3) is 4.44. The highest BCUT2D eigenvalue weighted by atomic mass is 32.2. The largest absolute Gasteiger partial charge is 0.416 e. The first-order chi connectivity index (χ1) is 10.1. The topological polar surface area (TPSA) is 52.6 Å². The zero-order valence-electron chi connectivity index (χ0n) is 12.1. The quantitative estimate of drug-likeness (QED) is 0.792. The van der Waals surface area contributed by atoms with E-state index in [1.807, 2.05) is 6.92 Å². The Bertz CT molecular complexity index is 610. The molecule has 1 aromatic carbocycles. The molecule has 124 valence electrons. The number of hydrogen-bond acceptors (Lipinski definition) is 4. The van der Waals surface area contributed by atoms with Crippen LogP contribution in [0, 0.1) is 5.92 Å². The van der Waals surface area contributed by atoms with Crippen molar-refractivity contribution in [1.29, 1.82) is 0 Å². The molecule has 8 heteroatoms. The lowest BCUT2D eigenvalue weighted by Gasteiger charge is -2.17. The van der Waals surface area contributed by atoms with Crippen molar-refractivity contribution in [2.24, 2.45) is 5.92 Å². The highest BCUT2D eigenvalue weighted by molar-refractivity contribution is 7.85. The maximum absolute atomic E-state index is 12.5. The summed E-state index contributed by atoms with van der Waals surface area (Å²) >= 11 is 0. The van der Waals surface area contributed by atoms with Crippen LogP contribution in [-0.2, 0) is 25.2 Å². The highest BCUT2D eigenvalue weighted by Gasteiger charge is 2.35. The predicted molar refractivity (Wildman–Crippen MR) is 73.6 cm³/mol. The van der Waals surface area contributed by atoms with Crippen molar-refractivity contribution >= 4 is 10.1 Å². The van der Waals surface area contributed by atoms with E-state index >= 15 is 0 Å². The summed E-state index contributed by atoms with van der Waals surface area (Å²) in [5.74, 6) is 0.0601. The molecule has 1 aliphatic heterocycles. The van der Waals surface area contributed by atoms with E-state index in [-0.39, 0.29) is 18.6 Å². The van der Waals surface area contributed by atoms with E-state index in [9.17, 15) is 21.6 Å².